The fourth-order valence-corrected chi connectivity index (χ4v) is 2.67. The molecule has 1 saturated heterocycles. The summed E-state index contributed by atoms with van der Waals surface area (Å²) in [5.41, 5.74) is 7.59. The monoisotopic (exact) mass is 276 g/mol. The molecular weight excluding hydrogens is 248 g/mol. The van der Waals surface area contributed by atoms with E-state index in [1.54, 1.807) is 0 Å². The zero-order valence-corrected chi connectivity index (χ0v) is 12.9. The van der Waals surface area contributed by atoms with Gasteiger partial charge in [0.05, 0.1) is 0 Å². The fraction of sp³-hybridized carbons (Fsp3) is 0.688. The highest BCUT2D eigenvalue weighted by Crippen LogP contribution is 2.18. The molecule has 0 aromatic rings. The van der Waals surface area contributed by atoms with Gasteiger partial charge in [0, 0.05) is 31.0 Å². The number of unbranched alkanes of at least 4 members (excludes halogenated alkanes) is 1. The number of allylic oxidation sites excluding steroid dienone is 1. The molecule has 0 aromatic heterocycles. The third kappa shape index (κ3) is 4.67. The largest absolute Gasteiger partial charge is 0.357 e. The summed E-state index contributed by atoms with van der Waals surface area (Å²) in [6.45, 7) is 6.57. The number of nitrogens with zero attached hydrogens (tertiary/aromatic N) is 2. The van der Waals surface area contributed by atoms with E-state index in [1.807, 2.05) is 12.3 Å². The van der Waals surface area contributed by atoms with Crippen LogP contribution in [0.5, 0.6) is 0 Å². The van der Waals surface area contributed by atoms with Crippen molar-refractivity contribution in [1.29, 1.82) is 0 Å². The summed E-state index contributed by atoms with van der Waals surface area (Å²) < 4.78 is 0. The van der Waals surface area contributed by atoms with Gasteiger partial charge in [-0.15, -0.1) is 0 Å². The predicted molar refractivity (Wildman–Crippen MR) is 85.3 cm³/mol. The number of hydrogen-bond acceptors (Lipinski definition) is 4. The van der Waals surface area contributed by atoms with E-state index < -0.39 is 0 Å². The number of aliphatic imine (C=N–C) groups is 1. The molecule has 0 bridgehead atoms. The minimum atomic E-state index is 0.339. The van der Waals surface area contributed by atoms with Gasteiger partial charge < -0.3 is 10.3 Å². The van der Waals surface area contributed by atoms with Crippen molar-refractivity contribution in [2.24, 2.45) is 4.99 Å². The van der Waals surface area contributed by atoms with Crippen molar-refractivity contribution in [3.63, 3.8) is 0 Å². The molecule has 2 aliphatic rings. The fourth-order valence-electron chi connectivity index (χ4n) is 2.67. The Morgan fingerprint density at radius 1 is 1.30 bits per heavy atom. The van der Waals surface area contributed by atoms with Crippen molar-refractivity contribution < 1.29 is 0 Å². The predicted octanol–water partition coefficient (Wildman–Crippen LogP) is 2.95. The molecule has 0 radical (unpaired) electrons. The van der Waals surface area contributed by atoms with Crippen LogP contribution in [0.1, 0.15) is 52.4 Å². The van der Waals surface area contributed by atoms with Gasteiger partial charge in [0.15, 0.2) is 0 Å². The van der Waals surface area contributed by atoms with Crippen LogP contribution in [0.4, 0.5) is 0 Å². The van der Waals surface area contributed by atoms with Crippen LogP contribution in [0.25, 0.3) is 0 Å². The van der Waals surface area contributed by atoms with Crippen molar-refractivity contribution in [3.05, 3.63) is 24.2 Å². The van der Waals surface area contributed by atoms with E-state index in [9.17, 15) is 0 Å². The lowest BCUT2D eigenvalue weighted by atomic mass is 10.1. The van der Waals surface area contributed by atoms with Gasteiger partial charge >= 0.3 is 0 Å². The van der Waals surface area contributed by atoms with E-state index in [-0.39, 0.29) is 0 Å². The Kier molecular flexibility index (Phi) is 6.12. The number of likely N-dealkylation sites (tertiary alicyclic amines) is 1. The maximum Gasteiger partial charge on any atom is 0.126 e. The van der Waals surface area contributed by atoms with Crippen molar-refractivity contribution in [1.82, 2.24) is 15.8 Å². The molecule has 4 heteroatoms. The summed E-state index contributed by atoms with van der Waals surface area (Å²) in [6, 6.07) is 0.339. The number of piperidine rings is 1. The third-order valence-corrected chi connectivity index (χ3v) is 3.87. The zero-order chi connectivity index (χ0) is 14.2. The van der Waals surface area contributed by atoms with Crippen LogP contribution in [0.2, 0.25) is 0 Å². The first-order chi connectivity index (χ1) is 9.79. The first-order valence-electron chi connectivity index (χ1n) is 7.99. The SMILES string of the molecule is CCCCC1/C=C(N2CCCCC2)/N=C(C)/C=C\NN1. The Morgan fingerprint density at radius 3 is 2.85 bits per heavy atom. The normalized spacial score (nSPS) is 30.9. The zero-order valence-electron chi connectivity index (χ0n) is 12.9. The summed E-state index contributed by atoms with van der Waals surface area (Å²) in [5, 5.41) is 0. The molecule has 0 aromatic carbocycles. The van der Waals surface area contributed by atoms with Crippen LogP contribution in [-0.4, -0.2) is 29.7 Å². The molecule has 2 heterocycles. The van der Waals surface area contributed by atoms with Gasteiger partial charge in [-0.2, -0.15) is 0 Å². The Bertz CT molecular complexity index is 378. The van der Waals surface area contributed by atoms with E-state index in [1.165, 1.54) is 32.1 Å². The summed E-state index contributed by atoms with van der Waals surface area (Å²) in [4.78, 5) is 7.25. The summed E-state index contributed by atoms with van der Waals surface area (Å²) in [6.07, 6.45) is 13.8. The Morgan fingerprint density at radius 2 is 2.10 bits per heavy atom. The standard InChI is InChI=1S/C16H28N4/c1-3-4-8-15-13-16(20-11-6-5-7-12-20)18-14(2)9-10-17-19-15/h9-10,13,15,17,19H,3-8,11-12H2,1-2H3/b10-9-,16-13-,18-14+. The molecule has 0 saturated carbocycles. The highest BCUT2D eigenvalue weighted by atomic mass is 15.4. The molecule has 1 atom stereocenters. The lowest BCUT2D eigenvalue weighted by Gasteiger charge is -2.30. The minimum Gasteiger partial charge on any atom is -0.357 e. The van der Waals surface area contributed by atoms with Crippen LogP contribution < -0.4 is 10.9 Å². The van der Waals surface area contributed by atoms with E-state index >= 15 is 0 Å². The molecule has 0 amide bonds. The first kappa shape index (κ1) is 15.1. The molecule has 1 fully saturated rings. The smallest absolute Gasteiger partial charge is 0.126 e. The topological polar surface area (TPSA) is 39.7 Å². The highest BCUT2D eigenvalue weighted by Gasteiger charge is 2.15. The third-order valence-electron chi connectivity index (χ3n) is 3.87. The van der Waals surface area contributed by atoms with Crippen molar-refractivity contribution >= 4 is 5.71 Å². The number of hydrazine groups is 1. The van der Waals surface area contributed by atoms with Crippen LogP contribution >= 0.6 is 0 Å². The number of hydrogen-bond donors (Lipinski definition) is 2. The molecule has 0 spiro atoms. The lowest BCUT2D eigenvalue weighted by Crippen LogP contribution is -2.37. The van der Waals surface area contributed by atoms with Gasteiger partial charge in [0.2, 0.25) is 0 Å². The van der Waals surface area contributed by atoms with Gasteiger partial charge in [-0.3, -0.25) is 0 Å². The Balaban J connectivity index is 2.16. The summed E-state index contributed by atoms with van der Waals surface area (Å²) in [5.74, 6) is 1.14. The maximum absolute atomic E-state index is 4.81. The molecule has 20 heavy (non-hydrogen) atoms. The molecule has 0 aliphatic carbocycles. The summed E-state index contributed by atoms with van der Waals surface area (Å²) in [7, 11) is 0. The molecule has 2 N–H and O–H groups in total. The van der Waals surface area contributed by atoms with Crippen LogP contribution in [0, 0.1) is 0 Å². The minimum absolute atomic E-state index is 0.339. The second kappa shape index (κ2) is 8.10. The Hall–Kier alpha value is -1.29. The van der Waals surface area contributed by atoms with E-state index in [4.69, 9.17) is 4.99 Å². The van der Waals surface area contributed by atoms with E-state index in [0.29, 0.717) is 6.04 Å². The number of rotatable bonds is 4. The van der Waals surface area contributed by atoms with Crippen molar-refractivity contribution in [3.8, 4) is 0 Å². The summed E-state index contributed by atoms with van der Waals surface area (Å²) >= 11 is 0. The average molecular weight is 276 g/mol. The van der Waals surface area contributed by atoms with Crippen molar-refractivity contribution in [2.75, 3.05) is 13.1 Å². The second-order valence-electron chi connectivity index (χ2n) is 5.70. The highest BCUT2D eigenvalue weighted by molar-refractivity contribution is 5.93. The quantitative estimate of drug-likeness (QED) is 0.829. The molecule has 112 valence electrons. The first-order valence-corrected chi connectivity index (χ1v) is 7.99. The molecule has 1 unspecified atom stereocenters. The Labute approximate surface area is 123 Å². The van der Waals surface area contributed by atoms with Crippen LogP contribution in [0.15, 0.2) is 29.2 Å². The maximum atomic E-state index is 4.81. The van der Waals surface area contributed by atoms with Crippen LogP contribution in [0.3, 0.4) is 0 Å². The van der Waals surface area contributed by atoms with E-state index in [2.05, 4.69) is 35.7 Å². The van der Waals surface area contributed by atoms with Crippen molar-refractivity contribution in [2.45, 2.75) is 58.4 Å². The van der Waals surface area contributed by atoms with Gasteiger partial charge in [-0.1, -0.05) is 19.8 Å². The van der Waals surface area contributed by atoms with Gasteiger partial charge in [-0.05, 0) is 44.8 Å². The second-order valence-corrected chi connectivity index (χ2v) is 5.70. The lowest BCUT2D eigenvalue weighted by molar-refractivity contribution is 0.280. The van der Waals surface area contributed by atoms with Gasteiger partial charge in [0.1, 0.15) is 5.82 Å². The van der Waals surface area contributed by atoms with E-state index in [0.717, 1.165) is 31.0 Å². The number of nitrogens with one attached hydrogen (secondary N) is 2. The molecule has 4 nitrogen and oxygen atoms in total. The average Bonchev–Trinajstić information content (AvgIpc) is 2.57. The van der Waals surface area contributed by atoms with Gasteiger partial charge in [-0.25, -0.2) is 10.4 Å². The molecule has 2 rings (SSSR count). The molecular formula is C16H28N4. The van der Waals surface area contributed by atoms with Gasteiger partial charge in [0.25, 0.3) is 0 Å². The van der Waals surface area contributed by atoms with Crippen LogP contribution in [-0.2, 0) is 0 Å². The molecule has 2 aliphatic heterocycles.